The highest BCUT2D eigenvalue weighted by Crippen LogP contribution is 2.15. The van der Waals surface area contributed by atoms with Crippen LogP contribution in [0.15, 0.2) is 30.3 Å². The topological polar surface area (TPSA) is 73.3 Å². The first-order valence-corrected chi connectivity index (χ1v) is 4.64. The number of H-pyrrole nitrogens is 1. The normalized spacial score (nSPS) is 12.9. The quantitative estimate of drug-likeness (QED) is 0.703. The Morgan fingerprint density at radius 3 is 2.80 bits per heavy atom. The minimum atomic E-state index is -1.35. The molecule has 0 radical (unpaired) electrons. The average molecular weight is 205 g/mol. The number of para-hydroxylation sites is 1. The molecule has 4 heteroatoms. The lowest BCUT2D eigenvalue weighted by atomic mass is 10.2. The van der Waals surface area contributed by atoms with E-state index in [9.17, 15) is 9.90 Å². The van der Waals surface area contributed by atoms with Crippen LogP contribution in [0.5, 0.6) is 0 Å². The van der Waals surface area contributed by atoms with E-state index in [0.29, 0.717) is 0 Å². The summed E-state index contributed by atoms with van der Waals surface area (Å²) in [7, 11) is 0. The van der Waals surface area contributed by atoms with Crippen LogP contribution >= 0.6 is 0 Å². The van der Waals surface area contributed by atoms with Gasteiger partial charge in [-0.1, -0.05) is 18.2 Å². The van der Waals surface area contributed by atoms with E-state index in [-0.39, 0.29) is 6.42 Å². The highest BCUT2D eigenvalue weighted by Gasteiger charge is 2.14. The Balaban J connectivity index is 2.26. The molecule has 0 aliphatic rings. The van der Waals surface area contributed by atoms with E-state index in [0.717, 1.165) is 16.6 Å². The van der Waals surface area contributed by atoms with Crippen molar-refractivity contribution in [2.75, 3.05) is 0 Å². The lowest BCUT2D eigenvalue weighted by Gasteiger charge is -2.01. The van der Waals surface area contributed by atoms with E-state index in [2.05, 4.69) is 4.98 Å². The first kappa shape index (κ1) is 9.73. The molecule has 0 aliphatic carbocycles. The molecule has 1 atom stereocenters. The van der Waals surface area contributed by atoms with Gasteiger partial charge in [0.25, 0.3) is 0 Å². The molecule has 1 aromatic heterocycles. The van der Waals surface area contributed by atoms with E-state index in [1.807, 2.05) is 30.3 Å². The molecule has 0 amide bonds. The lowest BCUT2D eigenvalue weighted by molar-refractivity contribution is -0.146. The molecule has 3 N–H and O–H groups in total. The van der Waals surface area contributed by atoms with Gasteiger partial charge in [0.15, 0.2) is 6.10 Å². The van der Waals surface area contributed by atoms with Gasteiger partial charge < -0.3 is 15.2 Å². The van der Waals surface area contributed by atoms with Crippen molar-refractivity contribution in [3.05, 3.63) is 36.0 Å². The zero-order valence-electron chi connectivity index (χ0n) is 7.97. The number of carbonyl (C=O) groups is 1. The molecule has 2 aromatic rings. The second kappa shape index (κ2) is 3.74. The summed E-state index contributed by atoms with van der Waals surface area (Å²) in [5.41, 5.74) is 1.68. The number of carboxylic acid groups (broad SMARTS) is 1. The number of aromatic nitrogens is 1. The lowest BCUT2D eigenvalue weighted by Crippen LogP contribution is -2.22. The molecule has 0 spiro atoms. The smallest absolute Gasteiger partial charge is 0.332 e. The summed E-state index contributed by atoms with van der Waals surface area (Å²) in [6.45, 7) is 0. The minimum absolute atomic E-state index is 0.101. The third kappa shape index (κ3) is 1.99. The fraction of sp³-hybridized carbons (Fsp3) is 0.182. The molecule has 1 aromatic carbocycles. The second-order valence-electron chi connectivity index (χ2n) is 3.44. The Bertz CT molecular complexity index is 456. The molecule has 4 nitrogen and oxygen atoms in total. The van der Waals surface area contributed by atoms with Crippen molar-refractivity contribution in [3.8, 4) is 0 Å². The second-order valence-corrected chi connectivity index (χ2v) is 3.44. The Labute approximate surface area is 86.2 Å². The zero-order valence-corrected chi connectivity index (χ0v) is 7.97. The summed E-state index contributed by atoms with van der Waals surface area (Å²) in [5.74, 6) is -1.20. The van der Waals surface area contributed by atoms with Crippen LogP contribution in [-0.2, 0) is 11.2 Å². The van der Waals surface area contributed by atoms with Gasteiger partial charge in [0.1, 0.15) is 0 Å². The van der Waals surface area contributed by atoms with Gasteiger partial charge in [0.05, 0.1) is 0 Å². The highest BCUT2D eigenvalue weighted by atomic mass is 16.4. The van der Waals surface area contributed by atoms with Crippen molar-refractivity contribution < 1.29 is 15.0 Å². The van der Waals surface area contributed by atoms with Crippen LogP contribution in [-0.4, -0.2) is 27.3 Å². The van der Waals surface area contributed by atoms with Crippen LogP contribution < -0.4 is 0 Å². The highest BCUT2D eigenvalue weighted by molar-refractivity contribution is 5.80. The van der Waals surface area contributed by atoms with Crippen molar-refractivity contribution in [1.29, 1.82) is 0 Å². The Hall–Kier alpha value is -1.81. The number of carboxylic acids is 1. The summed E-state index contributed by atoms with van der Waals surface area (Å²) < 4.78 is 0. The third-order valence-electron chi connectivity index (χ3n) is 2.28. The first-order valence-electron chi connectivity index (χ1n) is 4.64. The van der Waals surface area contributed by atoms with E-state index < -0.39 is 12.1 Å². The maximum absolute atomic E-state index is 10.5. The van der Waals surface area contributed by atoms with Gasteiger partial charge in [0, 0.05) is 17.6 Å². The van der Waals surface area contributed by atoms with Crippen LogP contribution in [0.1, 0.15) is 5.69 Å². The molecular weight excluding hydrogens is 194 g/mol. The predicted molar refractivity (Wildman–Crippen MR) is 55.6 cm³/mol. The summed E-state index contributed by atoms with van der Waals surface area (Å²) in [5, 5.41) is 18.8. The number of hydrogen-bond donors (Lipinski definition) is 3. The van der Waals surface area contributed by atoms with Crippen LogP contribution in [0.25, 0.3) is 10.9 Å². The molecule has 0 saturated heterocycles. The minimum Gasteiger partial charge on any atom is -0.479 e. The maximum Gasteiger partial charge on any atom is 0.332 e. The third-order valence-corrected chi connectivity index (χ3v) is 2.28. The Kier molecular flexibility index (Phi) is 2.43. The molecule has 78 valence electrons. The number of nitrogens with one attached hydrogen (secondary N) is 1. The fourth-order valence-corrected chi connectivity index (χ4v) is 1.54. The number of rotatable bonds is 3. The summed E-state index contributed by atoms with van der Waals surface area (Å²) in [6.07, 6.45) is -1.25. The van der Waals surface area contributed by atoms with E-state index in [1.54, 1.807) is 0 Å². The standard InChI is InChI=1S/C11H11NO3/c13-10(11(14)15)6-8-5-7-3-1-2-4-9(7)12-8/h1-5,10,12-13H,6H2,(H,14,15)/t10-/m1/s1. The van der Waals surface area contributed by atoms with E-state index in [1.165, 1.54) is 0 Å². The number of fused-ring (bicyclic) bond motifs is 1. The molecule has 0 bridgehead atoms. The summed E-state index contributed by atoms with van der Waals surface area (Å²) >= 11 is 0. The summed E-state index contributed by atoms with van der Waals surface area (Å²) in [4.78, 5) is 13.5. The van der Waals surface area contributed by atoms with Gasteiger partial charge in [0.2, 0.25) is 0 Å². The average Bonchev–Trinajstić information content (AvgIpc) is 2.59. The SMILES string of the molecule is O=C(O)[C@H](O)Cc1cc2ccccc2[nH]1. The van der Waals surface area contributed by atoms with Gasteiger partial charge in [-0.3, -0.25) is 0 Å². The molecule has 0 aliphatic heterocycles. The van der Waals surface area contributed by atoms with E-state index in [4.69, 9.17) is 5.11 Å². The van der Waals surface area contributed by atoms with Gasteiger partial charge in [-0.15, -0.1) is 0 Å². The number of aliphatic carboxylic acids is 1. The van der Waals surface area contributed by atoms with Gasteiger partial charge in [-0.05, 0) is 17.5 Å². The Morgan fingerprint density at radius 1 is 1.40 bits per heavy atom. The number of aliphatic hydroxyl groups excluding tert-OH is 1. The molecule has 2 rings (SSSR count). The molecule has 0 saturated carbocycles. The van der Waals surface area contributed by atoms with Crippen molar-refractivity contribution in [3.63, 3.8) is 0 Å². The summed E-state index contributed by atoms with van der Waals surface area (Å²) in [6, 6.07) is 9.50. The molecule has 15 heavy (non-hydrogen) atoms. The number of hydrogen-bond acceptors (Lipinski definition) is 2. The largest absolute Gasteiger partial charge is 0.479 e. The van der Waals surface area contributed by atoms with E-state index >= 15 is 0 Å². The molecule has 0 unspecified atom stereocenters. The van der Waals surface area contributed by atoms with Gasteiger partial charge >= 0.3 is 5.97 Å². The van der Waals surface area contributed by atoms with Crippen molar-refractivity contribution in [2.24, 2.45) is 0 Å². The maximum atomic E-state index is 10.5. The predicted octanol–water partition coefficient (Wildman–Crippen LogP) is 1.16. The van der Waals surface area contributed by atoms with Crippen LogP contribution in [0.3, 0.4) is 0 Å². The molecule has 1 heterocycles. The van der Waals surface area contributed by atoms with Crippen LogP contribution in [0.4, 0.5) is 0 Å². The van der Waals surface area contributed by atoms with Gasteiger partial charge in [-0.25, -0.2) is 4.79 Å². The van der Waals surface area contributed by atoms with Crippen LogP contribution in [0.2, 0.25) is 0 Å². The fourth-order valence-electron chi connectivity index (χ4n) is 1.54. The van der Waals surface area contributed by atoms with Crippen molar-refractivity contribution in [1.82, 2.24) is 4.98 Å². The van der Waals surface area contributed by atoms with Gasteiger partial charge in [-0.2, -0.15) is 0 Å². The van der Waals surface area contributed by atoms with Crippen molar-refractivity contribution >= 4 is 16.9 Å². The molecule has 0 fully saturated rings. The van der Waals surface area contributed by atoms with Crippen LogP contribution in [0, 0.1) is 0 Å². The zero-order chi connectivity index (χ0) is 10.8. The molecular formula is C11H11NO3. The Morgan fingerprint density at radius 2 is 2.13 bits per heavy atom. The number of aliphatic hydroxyl groups is 1. The monoisotopic (exact) mass is 205 g/mol. The number of aromatic amines is 1. The van der Waals surface area contributed by atoms with Crippen molar-refractivity contribution in [2.45, 2.75) is 12.5 Å². The number of benzene rings is 1. The first-order chi connectivity index (χ1) is 7.16.